The Labute approximate surface area is 173 Å². The van der Waals surface area contributed by atoms with E-state index in [1.165, 1.54) is 12.1 Å². The highest BCUT2D eigenvalue weighted by Crippen LogP contribution is 2.30. The molecule has 1 amide bonds. The quantitative estimate of drug-likeness (QED) is 0.391. The van der Waals surface area contributed by atoms with E-state index in [0.29, 0.717) is 27.9 Å². The van der Waals surface area contributed by atoms with Crippen LogP contribution in [0, 0.1) is 0 Å². The van der Waals surface area contributed by atoms with E-state index >= 15 is 0 Å². The highest BCUT2D eigenvalue weighted by Gasteiger charge is 2.17. The van der Waals surface area contributed by atoms with E-state index in [2.05, 4.69) is 15.5 Å². The Morgan fingerprint density at radius 2 is 1.77 bits per heavy atom. The van der Waals surface area contributed by atoms with E-state index in [9.17, 15) is 13.2 Å². The van der Waals surface area contributed by atoms with Crippen LogP contribution in [0.2, 0.25) is 0 Å². The van der Waals surface area contributed by atoms with Gasteiger partial charge in [-0.25, -0.2) is 13.6 Å². The molecule has 4 rings (SSSR count). The SMILES string of the molecule is N[C@@H](C(=O)Nc1ccc2[nH]nc(-c3cccc(S(N)(=O)=O)c3)c2c1)c1ccccc1. The Hall–Kier alpha value is -3.53. The van der Waals surface area contributed by atoms with E-state index in [1.54, 1.807) is 42.5 Å². The van der Waals surface area contributed by atoms with Crippen molar-refractivity contribution in [2.24, 2.45) is 10.9 Å². The maximum Gasteiger partial charge on any atom is 0.245 e. The molecule has 1 heterocycles. The Morgan fingerprint density at radius 1 is 1.00 bits per heavy atom. The molecule has 1 aromatic heterocycles. The van der Waals surface area contributed by atoms with Gasteiger partial charge in [-0.1, -0.05) is 42.5 Å². The lowest BCUT2D eigenvalue weighted by molar-refractivity contribution is -0.117. The normalized spacial score (nSPS) is 12.6. The number of nitrogens with one attached hydrogen (secondary N) is 2. The third-order valence-electron chi connectivity index (χ3n) is 4.71. The second kappa shape index (κ2) is 7.71. The van der Waals surface area contributed by atoms with Gasteiger partial charge >= 0.3 is 0 Å². The Kier molecular flexibility index (Phi) is 5.08. The number of carbonyl (C=O) groups is 1. The molecule has 0 saturated heterocycles. The van der Waals surface area contributed by atoms with Crippen molar-refractivity contribution < 1.29 is 13.2 Å². The smallest absolute Gasteiger partial charge is 0.245 e. The van der Waals surface area contributed by atoms with Crippen LogP contribution in [0.1, 0.15) is 11.6 Å². The molecule has 0 radical (unpaired) electrons. The zero-order valence-electron chi connectivity index (χ0n) is 15.7. The van der Waals surface area contributed by atoms with Gasteiger partial charge in [-0.05, 0) is 35.9 Å². The maximum absolute atomic E-state index is 12.6. The molecule has 9 heteroatoms. The van der Waals surface area contributed by atoms with Gasteiger partial charge < -0.3 is 11.1 Å². The summed E-state index contributed by atoms with van der Waals surface area (Å²) in [5, 5.41) is 16.0. The summed E-state index contributed by atoms with van der Waals surface area (Å²) in [6.07, 6.45) is 0. The number of H-pyrrole nitrogens is 1. The van der Waals surface area contributed by atoms with Crippen LogP contribution < -0.4 is 16.2 Å². The molecule has 0 aliphatic rings. The number of amides is 1. The van der Waals surface area contributed by atoms with Gasteiger partial charge in [-0.2, -0.15) is 5.10 Å². The van der Waals surface area contributed by atoms with E-state index in [0.717, 1.165) is 5.52 Å². The molecule has 0 saturated carbocycles. The fourth-order valence-electron chi connectivity index (χ4n) is 3.16. The summed E-state index contributed by atoms with van der Waals surface area (Å²) in [5.41, 5.74) is 9.17. The van der Waals surface area contributed by atoms with Gasteiger partial charge in [0.05, 0.1) is 10.4 Å². The number of fused-ring (bicyclic) bond motifs is 1. The number of anilines is 1. The van der Waals surface area contributed by atoms with E-state index < -0.39 is 16.1 Å². The lowest BCUT2D eigenvalue weighted by Gasteiger charge is -2.12. The van der Waals surface area contributed by atoms with Crippen LogP contribution in [-0.2, 0) is 14.8 Å². The molecule has 3 aromatic carbocycles. The number of aromatic amines is 1. The summed E-state index contributed by atoms with van der Waals surface area (Å²) in [5.74, 6) is -0.346. The molecular formula is C21H19N5O3S. The maximum atomic E-state index is 12.6. The lowest BCUT2D eigenvalue weighted by Crippen LogP contribution is -2.27. The van der Waals surface area contributed by atoms with Crippen LogP contribution in [0.3, 0.4) is 0 Å². The summed E-state index contributed by atoms with van der Waals surface area (Å²) in [4.78, 5) is 12.6. The van der Waals surface area contributed by atoms with Gasteiger partial charge in [0.25, 0.3) is 0 Å². The summed E-state index contributed by atoms with van der Waals surface area (Å²) in [7, 11) is -3.84. The van der Waals surface area contributed by atoms with Crippen LogP contribution in [-0.4, -0.2) is 24.5 Å². The van der Waals surface area contributed by atoms with Gasteiger partial charge in [-0.15, -0.1) is 0 Å². The molecule has 0 aliphatic heterocycles. The average Bonchev–Trinajstić information content (AvgIpc) is 3.16. The number of hydrogen-bond donors (Lipinski definition) is 4. The summed E-state index contributed by atoms with van der Waals surface area (Å²) in [6.45, 7) is 0. The number of primary sulfonamides is 1. The largest absolute Gasteiger partial charge is 0.324 e. The second-order valence-electron chi connectivity index (χ2n) is 6.78. The fourth-order valence-corrected chi connectivity index (χ4v) is 3.72. The van der Waals surface area contributed by atoms with Gasteiger partial charge in [0.1, 0.15) is 11.7 Å². The molecule has 1 atom stereocenters. The Bertz CT molecular complexity index is 1330. The first-order chi connectivity index (χ1) is 14.3. The number of rotatable bonds is 5. The third-order valence-corrected chi connectivity index (χ3v) is 5.62. The molecule has 0 aliphatic carbocycles. The van der Waals surface area contributed by atoms with Crippen molar-refractivity contribution in [3.8, 4) is 11.3 Å². The fraction of sp³-hybridized carbons (Fsp3) is 0.0476. The van der Waals surface area contributed by atoms with E-state index in [1.807, 2.05) is 18.2 Å². The van der Waals surface area contributed by atoms with Crippen molar-refractivity contribution in [3.05, 3.63) is 78.4 Å². The highest BCUT2D eigenvalue weighted by atomic mass is 32.2. The summed E-state index contributed by atoms with van der Waals surface area (Å²) in [6, 6.07) is 19.8. The van der Waals surface area contributed by atoms with Crippen LogP contribution in [0.5, 0.6) is 0 Å². The second-order valence-corrected chi connectivity index (χ2v) is 8.34. The molecule has 30 heavy (non-hydrogen) atoms. The average molecular weight is 421 g/mol. The number of nitrogens with two attached hydrogens (primary N) is 2. The predicted octanol–water partition coefficient (Wildman–Crippen LogP) is 2.52. The van der Waals surface area contributed by atoms with Crippen molar-refractivity contribution >= 4 is 32.5 Å². The van der Waals surface area contributed by atoms with Crippen LogP contribution >= 0.6 is 0 Å². The van der Waals surface area contributed by atoms with Crippen molar-refractivity contribution in [2.75, 3.05) is 5.32 Å². The zero-order chi connectivity index (χ0) is 21.3. The Morgan fingerprint density at radius 3 is 2.50 bits per heavy atom. The number of nitrogens with zero attached hydrogens (tertiary/aromatic N) is 1. The number of hydrogen-bond acceptors (Lipinski definition) is 5. The van der Waals surface area contributed by atoms with Gasteiger partial charge in [0.15, 0.2) is 0 Å². The molecule has 6 N–H and O–H groups in total. The van der Waals surface area contributed by atoms with E-state index in [4.69, 9.17) is 10.9 Å². The van der Waals surface area contributed by atoms with Crippen molar-refractivity contribution in [1.82, 2.24) is 10.2 Å². The van der Waals surface area contributed by atoms with Gasteiger partial charge in [0, 0.05) is 16.6 Å². The van der Waals surface area contributed by atoms with Crippen molar-refractivity contribution in [1.29, 1.82) is 0 Å². The number of aromatic nitrogens is 2. The molecule has 0 spiro atoms. The zero-order valence-corrected chi connectivity index (χ0v) is 16.6. The molecule has 152 valence electrons. The standard InChI is InChI=1S/C21H19N5O3S/c22-19(13-5-2-1-3-6-13)21(27)24-15-9-10-18-17(12-15)20(26-25-18)14-7-4-8-16(11-14)30(23,28)29/h1-12,19H,22H2,(H,24,27)(H,25,26)(H2,23,28,29)/t19-/m1/s1. The minimum Gasteiger partial charge on any atom is -0.324 e. The van der Waals surface area contributed by atoms with Crippen LogP contribution in [0.4, 0.5) is 5.69 Å². The topological polar surface area (TPSA) is 144 Å². The van der Waals surface area contributed by atoms with Crippen LogP contribution in [0.25, 0.3) is 22.2 Å². The molecular weight excluding hydrogens is 402 g/mol. The predicted molar refractivity (Wildman–Crippen MR) is 115 cm³/mol. The minimum atomic E-state index is -3.84. The van der Waals surface area contributed by atoms with Gasteiger partial charge in [0.2, 0.25) is 15.9 Å². The van der Waals surface area contributed by atoms with E-state index in [-0.39, 0.29) is 10.8 Å². The number of sulfonamides is 1. The first kappa shape index (κ1) is 19.8. The summed E-state index contributed by atoms with van der Waals surface area (Å²) >= 11 is 0. The van der Waals surface area contributed by atoms with Crippen molar-refractivity contribution in [2.45, 2.75) is 10.9 Å². The van der Waals surface area contributed by atoms with Gasteiger partial charge in [-0.3, -0.25) is 9.89 Å². The Balaban J connectivity index is 1.66. The first-order valence-electron chi connectivity index (χ1n) is 9.06. The van der Waals surface area contributed by atoms with Crippen LogP contribution in [0.15, 0.2) is 77.7 Å². The molecule has 8 nitrogen and oxygen atoms in total. The first-order valence-corrected chi connectivity index (χ1v) is 10.6. The number of carbonyl (C=O) groups excluding carboxylic acids is 1. The molecule has 0 fully saturated rings. The number of benzene rings is 3. The van der Waals surface area contributed by atoms with Crippen molar-refractivity contribution in [3.63, 3.8) is 0 Å². The molecule has 0 bridgehead atoms. The monoisotopic (exact) mass is 421 g/mol. The lowest BCUT2D eigenvalue weighted by atomic mass is 10.1. The highest BCUT2D eigenvalue weighted by molar-refractivity contribution is 7.89. The minimum absolute atomic E-state index is 0.00515. The third kappa shape index (κ3) is 3.94. The molecule has 0 unspecified atom stereocenters. The molecule has 4 aromatic rings. The summed E-state index contributed by atoms with van der Waals surface area (Å²) < 4.78 is 23.3.